The summed E-state index contributed by atoms with van der Waals surface area (Å²) in [5.74, 6) is -1.92. The van der Waals surface area contributed by atoms with Crippen LogP contribution in [0.15, 0.2) is 54.1 Å². The van der Waals surface area contributed by atoms with Gasteiger partial charge in [0.25, 0.3) is 0 Å². The molecule has 0 aromatic heterocycles. The highest BCUT2D eigenvalue weighted by molar-refractivity contribution is 5.90. The number of phenols is 1. The number of allylic oxidation sites excluding steroid dienone is 2. The molecule has 2 N–H and O–H groups in total. The summed E-state index contributed by atoms with van der Waals surface area (Å²) in [6.45, 7) is 1.93. The minimum Gasteiger partial charge on any atom is -0.505 e. The fraction of sp³-hybridized carbons (Fsp3) is 0.320. The smallest absolute Gasteiger partial charge is 0.328 e. The number of hydrogen-bond donors (Lipinski definition) is 2. The van der Waals surface area contributed by atoms with Gasteiger partial charge in [0, 0.05) is 6.08 Å². The maximum atomic E-state index is 14.1. The third kappa shape index (κ3) is 5.14. The molecule has 1 aliphatic rings. The number of rotatable bonds is 5. The highest BCUT2D eigenvalue weighted by atomic mass is 19.1. The second-order valence-electron chi connectivity index (χ2n) is 7.50. The maximum Gasteiger partial charge on any atom is 0.328 e. The topological polar surface area (TPSA) is 57.5 Å². The standard InChI is InChI=1S/C25H27FO3/c1-2-17(16-24(28)29)18-9-11-20(12-10-18)25(19-7-5-3-4-6-8-19)21-13-14-23(27)22(26)15-21/h9-16,27H,2-8H2,1H3,(H,28,29)/b17-16+. The second-order valence-corrected chi connectivity index (χ2v) is 7.50. The number of carboxylic acid groups (broad SMARTS) is 1. The Morgan fingerprint density at radius 1 is 0.966 bits per heavy atom. The molecule has 0 unspecified atom stereocenters. The summed E-state index contributed by atoms with van der Waals surface area (Å²) in [5.41, 5.74) is 5.74. The Bertz CT molecular complexity index is 929. The van der Waals surface area contributed by atoms with Gasteiger partial charge >= 0.3 is 5.97 Å². The highest BCUT2D eigenvalue weighted by Gasteiger charge is 2.16. The lowest BCUT2D eigenvalue weighted by Gasteiger charge is -2.16. The van der Waals surface area contributed by atoms with Gasteiger partial charge in [0.1, 0.15) is 0 Å². The number of hydrogen-bond acceptors (Lipinski definition) is 2. The van der Waals surface area contributed by atoms with Crippen molar-refractivity contribution in [2.45, 2.75) is 51.9 Å². The van der Waals surface area contributed by atoms with E-state index in [1.54, 1.807) is 6.07 Å². The second kappa shape index (κ2) is 9.55. The van der Waals surface area contributed by atoms with E-state index in [2.05, 4.69) is 0 Å². The van der Waals surface area contributed by atoms with E-state index in [0.29, 0.717) is 6.42 Å². The van der Waals surface area contributed by atoms with Gasteiger partial charge in [-0.15, -0.1) is 0 Å². The van der Waals surface area contributed by atoms with Crippen molar-refractivity contribution in [2.24, 2.45) is 0 Å². The van der Waals surface area contributed by atoms with Gasteiger partial charge in [0.15, 0.2) is 11.6 Å². The molecule has 1 aliphatic carbocycles. The number of aliphatic carboxylic acids is 1. The molecule has 0 bridgehead atoms. The first-order valence-electron chi connectivity index (χ1n) is 10.2. The predicted molar refractivity (Wildman–Crippen MR) is 114 cm³/mol. The van der Waals surface area contributed by atoms with E-state index >= 15 is 0 Å². The van der Waals surface area contributed by atoms with Crippen LogP contribution < -0.4 is 0 Å². The summed E-state index contributed by atoms with van der Waals surface area (Å²) >= 11 is 0. The van der Waals surface area contributed by atoms with Crippen molar-refractivity contribution in [3.63, 3.8) is 0 Å². The van der Waals surface area contributed by atoms with Crippen LogP contribution in [-0.4, -0.2) is 16.2 Å². The minimum atomic E-state index is -0.952. The molecule has 152 valence electrons. The van der Waals surface area contributed by atoms with Crippen molar-refractivity contribution in [3.05, 3.63) is 76.6 Å². The van der Waals surface area contributed by atoms with E-state index < -0.39 is 11.8 Å². The highest BCUT2D eigenvalue weighted by Crippen LogP contribution is 2.36. The first-order chi connectivity index (χ1) is 14.0. The van der Waals surface area contributed by atoms with Gasteiger partial charge in [0.2, 0.25) is 0 Å². The molecule has 0 saturated heterocycles. The Balaban J connectivity index is 2.08. The molecular weight excluding hydrogens is 367 g/mol. The summed E-state index contributed by atoms with van der Waals surface area (Å²) in [6.07, 6.45) is 8.51. The normalized spacial score (nSPS) is 15.1. The molecule has 2 aromatic carbocycles. The van der Waals surface area contributed by atoms with Crippen LogP contribution in [0.2, 0.25) is 0 Å². The van der Waals surface area contributed by atoms with E-state index in [1.807, 2.05) is 31.2 Å². The van der Waals surface area contributed by atoms with Crippen molar-refractivity contribution in [1.82, 2.24) is 0 Å². The first-order valence-corrected chi connectivity index (χ1v) is 10.2. The van der Waals surface area contributed by atoms with Crippen molar-refractivity contribution in [3.8, 4) is 5.75 Å². The quantitative estimate of drug-likeness (QED) is 0.446. The van der Waals surface area contributed by atoms with Crippen LogP contribution in [-0.2, 0) is 4.79 Å². The van der Waals surface area contributed by atoms with Crippen molar-refractivity contribution in [1.29, 1.82) is 0 Å². The molecule has 0 spiro atoms. The van der Waals surface area contributed by atoms with Gasteiger partial charge in [-0.3, -0.25) is 0 Å². The van der Waals surface area contributed by atoms with Gasteiger partial charge in [-0.1, -0.05) is 55.7 Å². The molecule has 3 nitrogen and oxygen atoms in total. The predicted octanol–water partition coefficient (Wildman–Crippen LogP) is 6.57. The lowest BCUT2D eigenvalue weighted by molar-refractivity contribution is -0.131. The average Bonchev–Trinajstić information content (AvgIpc) is 2.99. The van der Waals surface area contributed by atoms with Gasteiger partial charge in [-0.25, -0.2) is 9.18 Å². The number of carbonyl (C=O) groups is 1. The van der Waals surface area contributed by atoms with Gasteiger partial charge in [-0.05, 0) is 72.1 Å². The van der Waals surface area contributed by atoms with Crippen molar-refractivity contribution < 1.29 is 19.4 Å². The van der Waals surface area contributed by atoms with Gasteiger partial charge < -0.3 is 10.2 Å². The number of halogens is 1. The largest absolute Gasteiger partial charge is 0.505 e. The number of phenolic OH excluding ortho intramolecular Hbond substituents is 1. The monoisotopic (exact) mass is 394 g/mol. The van der Waals surface area contributed by atoms with Crippen LogP contribution in [0.3, 0.4) is 0 Å². The lowest BCUT2D eigenvalue weighted by atomic mass is 9.88. The molecule has 2 aromatic rings. The van der Waals surface area contributed by atoms with E-state index in [4.69, 9.17) is 5.11 Å². The summed E-state index contributed by atoms with van der Waals surface area (Å²) in [7, 11) is 0. The Kier molecular flexibility index (Phi) is 6.86. The third-order valence-electron chi connectivity index (χ3n) is 5.52. The number of carboxylic acids is 1. The van der Waals surface area contributed by atoms with Crippen molar-refractivity contribution in [2.75, 3.05) is 0 Å². The Morgan fingerprint density at radius 3 is 2.10 bits per heavy atom. The molecule has 0 aliphatic heterocycles. The fourth-order valence-electron chi connectivity index (χ4n) is 4.03. The molecule has 3 rings (SSSR count). The maximum absolute atomic E-state index is 14.1. The van der Waals surface area contributed by atoms with E-state index in [9.17, 15) is 14.3 Å². The van der Waals surface area contributed by atoms with E-state index in [1.165, 1.54) is 36.6 Å². The molecule has 4 heteroatoms. The van der Waals surface area contributed by atoms with Crippen molar-refractivity contribution >= 4 is 17.1 Å². The molecule has 0 radical (unpaired) electrons. The zero-order valence-corrected chi connectivity index (χ0v) is 16.7. The Morgan fingerprint density at radius 2 is 1.55 bits per heavy atom. The zero-order valence-electron chi connectivity index (χ0n) is 16.7. The zero-order chi connectivity index (χ0) is 20.8. The SMILES string of the molecule is CC/C(=C\C(=O)O)c1ccc(C(=C2CCCCCC2)c2ccc(O)c(F)c2)cc1. The Hall–Kier alpha value is -2.88. The molecule has 1 fully saturated rings. The fourth-order valence-corrected chi connectivity index (χ4v) is 4.03. The summed E-state index contributed by atoms with van der Waals surface area (Å²) in [4.78, 5) is 11.1. The van der Waals surface area contributed by atoms with Gasteiger partial charge in [0.05, 0.1) is 0 Å². The molecule has 0 atom stereocenters. The summed E-state index contributed by atoms with van der Waals surface area (Å²) in [5, 5.41) is 18.7. The van der Waals surface area contributed by atoms with Crippen LogP contribution in [0, 0.1) is 5.82 Å². The average molecular weight is 394 g/mol. The molecule has 0 amide bonds. The van der Waals surface area contributed by atoms with Crippen LogP contribution in [0.1, 0.15) is 68.6 Å². The molecule has 1 saturated carbocycles. The van der Waals surface area contributed by atoms with Gasteiger partial charge in [-0.2, -0.15) is 0 Å². The summed E-state index contributed by atoms with van der Waals surface area (Å²) < 4.78 is 14.1. The summed E-state index contributed by atoms with van der Waals surface area (Å²) in [6, 6.07) is 12.4. The lowest BCUT2D eigenvalue weighted by Crippen LogP contribution is -1.97. The Labute approximate surface area is 171 Å². The van der Waals surface area contributed by atoms with Crippen LogP contribution in [0.25, 0.3) is 11.1 Å². The minimum absolute atomic E-state index is 0.347. The van der Waals surface area contributed by atoms with E-state index in [0.717, 1.165) is 53.5 Å². The first kappa shape index (κ1) is 20.8. The molecule has 0 heterocycles. The third-order valence-corrected chi connectivity index (χ3v) is 5.52. The number of benzene rings is 2. The van der Waals surface area contributed by atoms with Crippen LogP contribution in [0.5, 0.6) is 5.75 Å². The van der Waals surface area contributed by atoms with E-state index in [-0.39, 0.29) is 5.75 Å². The molecular formula is C25H27FO3. The molecule has 29 heavy (non-hydrogen) atoms. The number of aromatic hydroxyl groups is 1. The van der Waals surface area contributed by atoms with Crippen LogP contribution in [0.4, 0.5) is 4.39 Å². The van der Waals surface area contributed by atoms with Crippen LogP contribution >= 0.6 is 0 Å².